The molecule has 7 nitrogen and oxygen atoms in total. The number of methoxy groups -OCH3 is 1. The van der Waals surface area contributed by atoms with E-state index in [0.717, 1.165) is 38.7 Å². The maximum Gasteiger partial charge on any atom is 0.340 e. The summed E-state index contributed by atoms with van der Waals surface area (Å²) in [5.74, 6) is -0.430. The lowest BCUT2D eigenvalue weighted by molar-refractivity contribution is 0.0602. The van der Waals surface area contributed by atoms with Crippen molar-refractivity contribution in [1.29, 1.82) is 5.26 Å². The van der Waals surface area contributed by atoms with Crippen LogP contribution < -0.4 is 4.74 Å². The van der Waals surface area contributed by atoms with Crippen LogP contribution in [0.1, 0.15) is 28.4 Å². The predicted molar refractivity (Wildman–Crippen MR) is 159 cm³/mol. The first kappa shape index (κ1) is 25.8. The van der Waals surface area contributed by atoms with Crippen LogP contribution in [0.4, 0.5) is 0 Å². The molecule has 0 saturated carbocycles. The first-order valence-corrected chi connectivity index (χ1v) is 13.3. The third-order valence-corrected chi connectivity index (χ3v) is 7.08. The Balaban J connectivity index is 1.36. The molecule has 0 N–H and O–H groups in total. The van der Waals surface area contributed by atoms with Gasteiger partial charge in [0.25, 0.3) is 6.01 Å². The molecule has 2 heterocycles. The van der Waals surface area contributed by atoms with E-state index < -0.39 is 5.97 Å². The molecular formula is C34H26N4O3. The summed E-state index contributed by atoms with van der Waals surface area (Å²) in [6.07, 6.45) is 1.87. The van der Waals surface area contributed by atoms with E-state index in [4.69, 9.17) is 9.47 Å². The molecule has 0 aliphatic carbocycles. The lowest BCUT2D eigenvalue weighted by Gasteiger charge is -2.12. The average molecular weight is 539 g/mol. The number of imidazole rings is 1. The Morgan fingerprint density at radius 3 is 2.46 bits per heavy atom. The Morgan fingerprint density at radius 2 is 1.68 bits per heavy atom. The van der Waals surface area contributed by atoms with Crippen LogP contribution in [0.5, 0.6) is 6.01 Å². The van der Waals surface area contributed by atoms with Crippen molar-refractivity contribution in [2.45, 2.75) is 13.5 Å². The zero-order valence-electron chi connectivity index (χ0n) is 22.7. The van der Waals surface area contributed by atoms with Crippen molar-refractivity contribution in [2.24, 2.45) is 0 Å². The molecule has 7 heteroatoms. The second-order valence-electron chi connectivity index (χ2n) is 9.56. The van der Waals surface area contributed by atoms with Crippen molar-refractivity contribution in [2.75, 3.05) is 13.7 Å². The summed E-state index contributed by atoms with van der Waals surface area (Å²) in [5, 5.41) is 10.9. The van der Waals surface area contributed by atoms with Crippen LogP contribution in [0.25, 0.3) is 44.2 Å². The summed E-state index contributed by atoms with van der Waals surface area (Å²) in [7, 11) is 1.37. The second-order valence-corrected chi connectivity index (χ2v) is 9.56. The maximum atomic E-state index is 12.5. The number of aromatic nitrogens is 3. The van der Waals surface area contributed by atoms with E-state index in [2.05, 4.69) is 22.1 Å². The molecule has 0 spiro atoms. The molecule has 6 rings (SSSR count). The largest absolute Gasteiger partial charge is 0.465 e. The van der Waals surface area contributed by atoms with Crippen molar-refractivity contribution >= 4 is 27.9 Å². The van der Waals surface area contributed by atoms with Crippen molar-refractivity contribution in [3.05, 3.63) is 114 Å². The van der Waals surface area contributed by atoms with Gasteiger partial charge in [-0.2, -0.15) is 10.2 Å². The summed E-state index contributed by atoms with van der Waals surface area (Å²) >= 11 is 0. The van der Waals surface area contributed by atoms with Crippen molar-refractivity contribution in [3.8, 4) is 34.3 Å². The number of para-hydroxylation sites is 2. The van der Waals surface area contributed by atoms with Gasteiger partial charge in [0, 0.05) is 22.7 Å². The molecule has 41 heavy (non-hydrogen) atoms. The molecule has 6 aromatic rings. The fourth-order valence-corrected chi connectivity index (χ4v) is 5.09. The topological polar surface area (TPSA) is 90.0 Å². The Bertz CT molecular complexity index is 1950. The summed E-state index contributed by atoms with van der Waals surface area (Å²) in [6, 6.07) is 32.2. The number of benzene rings is 4. The molecule has 0 atom stereocenters. The van der Waals surface area contributed by atoms with Gasteiger partial charge in [0.15, 0.2) is 0 Å². The third kappa shape index (κ3) is 4.88. The monoisotopic (exact) mass is 538 g/mol. The molecule has 2 aromatic heterocycles. The molecule has 0 radical (unpaired) electrons. The fraction of sp³-hybridized carbons (Fsp3) is 0.118. The van der Waals surface area contributed by atoms with Gasteiger partial charge in [0.05, 0.1) is 54.0 Å². The SMILES string of the molecule is CCOc1nc2cccc(C(=O)OC)c2n1Cc1ccc(-c2cc(-c3cnc4ccccc4c3)ccc2C#N)cc1. The van der Waals surface area contributed by atoms with E-state index in [0.29, 0.717) is 41.3 Å². The number of esters is 1. The normalized spacial score (nSPS) is 11.0. The molecule has 4 aromatic carbocycles. The Kier molecular flexibility index (Phi) is 6.88. The first-order valence-electron chi connectivity index (χ1n) is 13.3. The number of rotatable bonds is 7. The number of hydrogen-bond acceptors (Lipinski definition) is 6. The number of fused-ring (bicyclic) bond motifs is 2. The van der Waals surface area contributed by atoms with E-state index >= 15 is 0 Å². The van der Waals surface area contributed by atoms with Crippen LogP contribution in [0.2, 0.25) is 0 Å². The molecule has 0 aliphatic rings. The number of carbonyl (C=O) groups excluding carboxylic acids is 1. The quantitative estimate of drug-likeness (QED) is 0.203. The van der Waals surface area contributed by atoms with E-state index in [9.17, 15) is 10.1 Å². The lowest BCUT2D eigenvalue weighted by atomic mass is 9.94. The molecule has 0 amide bonds. The van der Waals surface area contributed by atoms with Crippen LogP contribution in [0.15, 0.2) is 97.2 Å². The third-order valence-electron chi connectivity index (χ3n) is 7.08. The van der Waals surface area contributed by atoms with Crippen molar-refractivity contribution in [1.82, 2.24) is 14.5 Å². The number of nitriles is 1. The van der Waals surface area contributed by atoms with Crippen LogP contribution in [0, 0.1) is 11.3 Å². The van der Waals surface area contributed by atoms with Gasteiger partial charge in [-0.05, 0) is 60.0 Å². The average Bonchev–Trinajstić information content (AvgIpc) is 3.37. The zero-order valence-corrected chi connectivity index (χ0v) is 22.7. The predicted octanol–water partition coefficient (Wildman–Crippen LogP) is 7.02. The summed E-state index contributed by atoms with van der Waals surface area (Å²) < 4.78 is 12.7. The summed E-state index contributed by atoms with van der Waals surface area (Å²) in [5.41, 5.74) is 8.03. The van der Waals surface area contributed by atoms with Gasteiger partial charge in [0.2, 0.25) is 0 Å². The Hall–Kier alpha value is -5.48. The molecule has 0 aliphatic heterocycles. The van der Waals surface area contributed by atoms with Gasteiger partial charge in [-0.3, -0.25) is 9.55 Å². The van der Waals surface area contributed by atoms with Gasteiger partial charge in [-0.1, -0.05) is 54.6 Å². The number of ether oxygens (including phenoxy) is 2. The van der Waals surface area contributed by atoms with Gasteiger partial charge < -0.3 is 9.47 Å². The number of nitrogens with zero attached hydrogens (tertiary/aromatic N) is 4. The minimum Gasteiger partial charge on any atom is -0.465 e. The Morgan fingerprint density at radius 1 is 0.902 bits per heavy atom. The van der Waals surface area contributed by atoms with Gasteiger partial charge >= 0.3 is 5.97 Å². The van der Waals surface area contributed by atoms with E-state index in [1.807, 2.05) is 90.5 Å². The molecule has 0 bridgehead atoms. The minimum atomic E-state index is -0.430. The lowest BCUT2D eigenvalue weighted by Crippen LogP contribution is -2.09. The van der Waals surface area contributed by atoms with Gasteiger partial charge in [0.1, 0.15) is 0 Å². The maximum absolute atomic E-state index is 12.5. The van der Waals surface area contributed by atoms with E-state index in [1.54, 1.807) is 12.1 Å². The van der Waals surface area contributed by atoms with Gasteiger partial charge in [-0.15, -0.1) is 0 Å². The molecule has 0 unspecified atom stereocenters. The first-order chi connectivity index (χ1) is 20.1. The Labute approximate surface area is 237 Å². The molecular weight excluding hydrogens is 512 g/mol. The second kappa shape index (κ2) is 10.9. The van der Waals surface area contributed by atoms with Crippen LogP contribution in [-0.4, -0.2) is 34.2 Å². The molecule has 200 valence electrons. The van der Waals surface area contributed by atoms with E-state index in [-0.39, 0.29) is 0 Å². The van der Waals surface area contributed by atoms with Crippen LogP contribution in [0.3, 0.4) is 0 Å². The van der Waals surface area contributed by atoms with Crippen LogP contribution >= 0.6 is 0 Å². The highest BCUT2D eigenvalue weighted by molar-refractivity contribution is 6.02. The molecule has 0 fully saturated rings. The van der Waals surface area contributed by atoms with Gasteiger partial charge in [-0.25, -0.2) is 4.79 Å². The van der Waals surface area contributed by atoms with Crippen LogP contribution in [-0.2, 0) is 11.3 Å². The minimum absolute atomic E-state index is 0.429. The number of carbonyl (C=O) groups is 1. The summed E-state index contributed by atoms with van der Waals surface area (Å²) in [6.45, 7) is 2.78. The smallest absolute Gasteiger partial charge is 0.340 e. The van der Waals surface area contributed by atoms with Crippen molar-refractivity contribution < 1.29 is 14.3 Å². The molecule has 0 saturated heterocycles. The highest BCUT2D eigenvalue weighted by Crippen LogP contribution is 2.32. The fourth-order valence-electron chi connectivity index (χ4n) is 5.09. The van der Waals surface area contributed by atoms with E-state index in [1.165, 1.54) is 7.11 Å². The highest BCUT2D eigenvalue weighted by atomic mass is 16.5. The zero-order chi connectivity index (χ0) is 28.3. The highest BCUT2D eigenvalue weighted by Gasteiger charge is 2.20. The standard InChI is InChI=1S/C34H26N4O3/c1-3-41-34-37-31-10-6-8-28(33(39)40-2)32(31)38(34)21-22-11-13-23(14-12-22)29-18-24(15-16-26(29)19-35)27-17-25-7-4-5-9-30(25)36-20-27/h4-18,20H,3,21H2,1-2H3. The number of hydrogen-bond donors (Lipinski definition) is 0. The number of pyridine rings is 1. The van der Waals surface area contributed by atoms with Crippen molar-refractivity contribution in [3.63, 3.8) is 0 Å². The summed E-state index contributed by atoms with van der Waals surface area (Å²) in [4.78, 5) is 21.7.